The van der Waals surface area contributed by atoms with Gasteiger partial charge in [0.25, 0.3) is 0 Å². The van der Waals surface area contributed by atoms with Crippen LogP contribution in [0, 0.1) is 19.7 Å². The topological polar surface area (TPSA) is 41.6 Å². The van der Waals surface area contributed by atoms with Crippen molar-refractivity contribution < 1.29 is 13.9 Å². The Hall–Kier alpha value is -1.95. The number of aryl methyl sites for hydroxylation is 1. The molecule has 0 saturated carbocycles. The molecule has 6 heteroatoms. The Balaban J connectivity index is 2.09. The van der Waals surface area contributed by atoms with Crippen LogP contribution in [0.3, 0.4) is 0 Å². The number of rotatable bonds is 8. The first-order valence-electron chi connectivity index (χ1n) is 8.42. The third kappa shape index (κ3) is 5.53. The highest BCUT2D eigenvalue weighted by Crippen LogP contribution is 2.21. The van der Waals surface area contributed by atoms with Gasteiger partial charge in [-0.3, -0.25) is 9.69 Å². The van der Waals surface area contributed by atoms with Crippen molar-refractivity contribution in [2.45, 2.75) is 20.4 Å². The largest absolute Gasteiger partial charge is 0.383 e. The zero-order valence-corrected chi connectivity index (χ0v) is 16.1. The lowest BCUT2D eigenvalue weighted by atomic mass is 10.1. The number of ether oxygens (including phenoxy) is 1. The molecule has 0 aromatic heterocycles. The van der Waals surface area contributed by atoms with Crippen molar-refractivity contribution in [1.82, 2.24) is 4.90 Å². The number of carbonyl (C=O) groups excluding carboxylic acids is 1. The van der Waals surface area contributed by atoms with Gasteiger partial charge >= 0.3 is 0 Å². The van der Waals surface area contributed by atoms with Gasteiger partial charge in [-0.2, -0.15) is 0 Å². The number of nitrogens with zero attached hydrogens (tertiary/aromatic N) is 1. The number of halogens is 2. The molecule has 0 aliphatic carbocycles. The summed E-state index contributed by atoms with van der Waals surface area (Å²) in [6, 6.07) is 10.3. The highest BCUT2D eigenvalue weighted by molar-refractivity contribution is 6.31. The van der Waals surface area contributed by atoms with Crippen LogP contribution in [-0.2, 0) is 16.1 Å². The molecule has 0 heterocycles. The van der Waals surface area contributed by atoms with Gasteiger partial charge in [0, 0.05) is 36.5 Å². The second-order valence-electron chi connectivity index (χ2n) is 6.20. The number of anilines is 1. The Labute approximate surface area is 158 Å². The van der Waals surface area contributed by atoms with Gasteiger partial charge in [-0.05, 0) is 43.2 Å². The zero-order valence-electron chi connectivity index (χ0n) is 15.3. The molecule has 1 amide bonds. The zero-order chi connectivity index (χ0) is 19.1. The van der Waals surface area contributed by atoms with E-state index in [1.807, 2.05) is 36.9 Å². The van der Waals surface area contributed by atoms with Gasteiger partial charge in [0.2, 0.25) is 5.91 Å². The minimum atomic E-state index is -0.380. The number of nitrogens with one attached hydrogen (secondary N) is 1. The molecule has 4 nitrogen and oxygen atoms in total. The van der Waals surface area contributed by atoms with Crippen LogP contribution in [0.2, 0.25) is 5.02 Å². The van der Waals surface area contributed by atoms with Gasteiger partial charge in [-0.1, -0.05) is 29.8 Å². The maximum Gasteiger partial charge on any atom is 0.238 e. The van der Waals surface area contributed by atoms with E-state index < -0.39 is 0 Å². The van der Waals surface area contributed by atoms with E-state index in [4.69, 9.17) is 16.3 Å². The number of methoxy groups -OCH3 is 1. The first kappa shape index (κ1) is 20.4. The third-order valence-corrected chi connectivity index (χ3v) is 4.66. The molecule has 1 N–H and O–H groups in total. The predicted molar refractivity (Wildman–Crippen MR) is 103 cm³/mol. The van der Waals surface area contributed by atoms with Crippen molar-refractivity contribution in [1.29, 1.82) is 0 Å². The Morgan fingerprint density at radius 3 is 2.65 bits per heavy atom. The maximum absolute atomic E-state index is 14.1. The highest BCUT2D eigenvalue weighted by Gasteiger charge is 2.16. The molecule has 0 saturated heterocycles. The van der Waals surface area contributed by atoms with Gasteiger partial charge in [-0.15, -0.1) is 0 Å². The molecule has 0 aliphatic heterocycles. The summed E-state index contributed by atoms with van der Waals surface area (Å²) in [6.45, 7) is 5.23. The molecule has 26 heavy (non-hydrogen) atoms. The van der Waals surface area contributed by atoms with E-state index in [9.17, 15) is 9.18 Å². The molecule has 140 valence electrons. The average Bonchev–Trinajstić information content (AvgIpc) is 2.60. The van der Waals surface area contributed by atoms with E-state index in [1.165, 1.54) is 6.07 Å². The molecule has 2 aromatic carbocycles. The van der Waals surface area contributed by atoms with Crippen molar-refractivity contribution in [3.8, 4) is 0 Å². The lowest BCUT2D eigenvalue weighted by molar-refractivity contribution is -0.117. The highest BCUT2D eigenvalue weighted by atomic mass is 35.5. The minimum Gasteiger partial charge on any atom is -0.383 e. The van der Waals surface area contributed by atoms with Gasteiger partial charge in [0.15, 0.2) is 0 Å². The fourth-order valence-electron chi connectivity index (χ4n) is 2.62. The van der Waals surface area contributed by atoms with Crippen molar-refractivity contribution in [2.75, 3.05) is 32.1 Å². The molecule has 0 atom stereocenters. The van der Waals surface area contributed by atoms with Crippen LogP contribution in [0.4, 0.5) is 10.1 Å². The quantitative estimate of drug-likeness (QED) is 0.749. The van der Waals surface area contributed by atoms with E-state index in [1.54, 1.807) is 19.2 Å². The smallest absolute Gasteiger partial charge is 0.238 e. The fraction of sp³-hybridized carbons (Fsp3) is 0.350. The standard InChI is InChI=1S/C20H24ClFN2O2/c1-14-6-4-9-19(15(14)2)23-20(25)13-24(10-11-26-3)12-16-17(21)7-5-8-18(16)22/h4-9H,10-13H2,1-3H3,(H,23,25). The first-order chi connectivity index (χ1) is 12.4. The van der Waals surface area contributed by atoms with Crippen LogP contribution < -0.4 is 5.32 Å². The molecule has 0 unspecified atom stereocenters. The van der Waals surface area contributed by atoms with Crippen molar-refractivity contribution in [3.63, 3.8) is 0 Å². The molecule has 0 bridgehead atoms. The Bertz CT molecular complexity index is 747. The number of benzene rings is 2. The Morgan fingerprint density at radius 2 is 1.96 bits per heavy atom. The minimum absolute atomic E-state index is 0.113. The van der Waals surface area contributed by atoms with Crippen molar-refractivity contribution >= 4 is 23.2 Å². The van der Waals surface area contributed by atoms with Gasteiger partial charge in [0.05, 0.1) is 13.2 Å². The number of amides is 1. The summed E-state index contributed by atoms with van der Waals surface area (Å²) in [5, 5.41) is 3.27. The summed E-state index contributed by atoms with van der Waals surface area (Å²) in [5.74, 6) is -0.544. The van der Waals surface area contributed by atoms with Crippen LogP contribution in [0.1, 0.15) is 16.7 Å². The molecule has 2 rings (SSSR count). The third-order valence-electron chi connectivity index (χ3n) is 4.30. The van der Waals surface area contributed by atoms with Crippen LogP contribution in [0.25, 0.3) is 0 Å². The molecular formula is C20H24ClFN2O2. The average molecular weight is 379 g/mol. The first-order valence-corrected chi connectivity index (χ1v) is 8.80. The molecule has 0 radical (unpaired) electrons. The van der Waals surface area contributed by atoms with E-state index in [0.29, 0.717) is 23.7 Å². The van der Waals surface area contributed by atoms with E-state index in [-0.39, 0.29) is 24.8 Å². The van der Waals surface area contributed by atoms with E-state index >= 15 is 0 Å². The van der Waals surface area contributed by atoms with Gasteiger partial charge in [0.1, 0.15) is 5.82 Å². The Morgan fingerprint density at radius 1 is 1.23 bits per heavy atom. The van der Waals surface area contributed by atoms with E-state index in [2.05, 4.69) is 5.32 Å². The fourth-order valence-corrected chi connectivity index (χ4v) is 2.84. The molecule has 0 aliphatic rings. The predicted octanol–water partition coefficient (Wildman–Crippen LogP) is 4.18. The summed E-state index contributed by atoms with van der Waals surface area (Å²) < 4.78 is 19.2. The molecule has 2 aromatic rings. The lowest BCUT2D eigenvalue weighted by Crippen LogP contribution is -2.35. The van der Waals surface area contributed by atoms with Gasteiger partial charge < -0.3 is 10.1 Å². The summed E-state index contributed by atoms with van der Waals surface area (Å²) in [5.41, 5.74) is 3.30. The Kier molecular flexibility index (Phi) is 7.57. The molecule has 0 spiro atoms. The van der Waals surface area contributed by atoms with Crippen LogP contribution in [0.5, 0.6) is 0 Å². The van der Waals surface area contributed by atoms with E-state index in [0.717, 1.165) is 16.8 Å². The summed E-state index contributed by atoms with van der Waals surface area (Å²) >= 11 is 6.11. The monoisotopic (exact) mass is 378 g/mol. The number of carbonyl (C=O) groups is 1. The van der Waals surface area contributed by atoms with Crippen molar-refractivity contribution in [3.05, 3.63) is 63.9 Å². The second-order valence-corrected chi connectivity index (χ2v) is 6.61. The maximum atomic E-state index is 14.1. The lowest BCUT2D eigenvalue weighted by Gasteiger charge is -2.22. The SMILES string of the molecule is COCCN(CC(=O)Nc1cccc(C)c1C)Cc1c(F)cccc1Cl. The van der Waals surface area contributed by atoms with Crippen molar-refractivity contribution in [2.24, 2.45) is 0 Å². The number of hydrogen-bond donors (Lipinski definition) is 1. The summed E-state index contributed by atoms with van der Waals surface area (Å²) in [4.78, 5) is 14.3. The molecular weight excluding hydrogens is 355 g/mol. The second kappa shape index (κ2) is 9.67. The normalized spacial score (nSPS) is 11.0. The van der Waals surface area contributed by atoms with Crippen LogP contribution in [-0.4, -0.2) is 37.6 Å². The summed E-state index contributed by atoms with van der Waals surface area (Å²) in [7, 11) is 1.59. The number of hydrogen-bond acceptors (Lipinski definition) is 3. The van der Waals surface area contributed by atoms with Gasteiger partial charge in [-0.25, -0.2) is 4.39 Å². The van der Waals surface area contributed by atoms with Crippen LogP contribution in [0.15, 0.2) is 36.4 Å². The molecule has 0 fully saturated rings. The summed E-state index contributed by atoms with van der Waals surface area (Å²) in [6.07, 6.45) is 0. The van der Waals surface area contributed by atoms with Crippen LogP contribution >= 0.6 is 11.6 Å².